The minimum atomic E-state index is 0.524. The summed E-state index contributed by atoms with van der Waals surface area (Å²) in [5, 5.41) is 3.47. The van der Waals surface area contributed by atoms with Crippen molar-refractivity contribution in [3.05, 3.63) is 63.7 Å². The summed E-state index contributed by atoms with van der Waals surface area (Å²) in [5.41, 5.74) is 2.57. The highest BCUT2D eigenvalue weighted by atomic mass is 127. The number of hydrogen-bond acceptors (Lipinski definition) is 1. The van der Waals surface area contributed by atoms with Gasteiger partial charge in [0.15, 0.2) is 0 Å². The minimum Gasteiger partial charge on any atom is -0.384 e. The summed E-state index contributed by atoms with van der Waals surface area (Å²) in [4.78, 5) is 0. The second-order valence-electron chi connectivity index (χ2n) is 4.20. The summed E-state index contributed by atoms with van der Waals surface area (Å²) < 4.78 is 1.27. The first-order chi connectivity index (χ1) is 8.25. The molecule has 0 amide bonds. The van der Waals surface area contributed by atoms with Gasteiger partial charge in [0, 0.05) is 15.8 Å². The number of benzene rings is 2. The fraction of sp³-hybridized carbons (Fsp3) is 0.200. The van der Waals surface area contributed by atoms with Crippen molar-refractivity contribution >= 4 is 28.3 Å². The van der Waals surface area contributed by atoms with Crippen LogP contribution in [0.4, 0.5) is 5.69 Å². The van der Waals surface area contributed by atoms with Crippen LogP contribution >= 0.6 is 22.6 Å². The Balaban J connectivity index is 1.92. The van der Waals surface area contributed by atoms with Gasteiger partial charge in [0.25, 0.3) is 0 Å². The Morgan fingerprint density at radius 2 is 1.65 bits per heavy atom. The molecule has 0 fully saturated rings. The van der Waals surface area contributed by atoms with Gasteiger partial charge in [0.05, 0.1) is 0 Å². The van der Waals surface area contributed by atoms with E-state index >= 15 is 0 Å². The highest BCUT2D eigenvalue weighted by molar-refractivity contribution is 14.1. The molecule has 0 aliphatic carbocycles. The first-order valence-electron chi connectivity index (χ1n) is 5.80. The molecule has 0 saturated heterocycles. The van der Waals surface area contributed by atoms with Crippen molar-refractivity contribution in [3.63, 3.8) is 0 Å². The Kier molecular flexibility index (Phi) is 4.42. The molecule has 0 heterocycles. The van der Waals surface area contributed by atoms with E-state index in [2.05, 4.69) is 89.4 Å². The average Bonchev–Trinajstić information content (AvgIpc) is 2.39. The van der Waals surface area contributed by atoms with Crippen molar-refractivity contribution in [2.75, 3.05) is 11.9 Å². The van der Waals surface area contributed by atoms with Crippen LogP contribution in [0.3, 0.4) is 0 Å². The van der Waals surface area contributed by atoms with Gasteiger partial charge in [-0.15, -0.1) is 0 Å². The maximum Gasteiger partial charge on any atom is 0.0341 e. The van der Waals surface area contributed by atoms with Crippen LogP contribution in [0.25, 0.3) is 0 Å². The molecule has 1 N–H and O–H groups in total. The van der Waals surface area contributed by atoms with E-state index in [0.717, 1.165) is 6.54 Å². The molecule has 0 aliphatic rings. The zero-order valence-electron chi connectivity index (χ0n) is 9.86. The molecule has 0 bridgehead atoms. The van der Waals surface area contributed by atoms with Gasteiger partial charge in [0.2, 0.25) is 0 Å². The molecule has 1 unspecified atom stereocenters. The lowest BCUT2D eigenvalue weighted by Gasteiger charge is -2.14. The van der Waals surface area contributed by atoms with Crippen molar-refractivity contribution in [2.45, 2.75) is 12.8 Å². The van der Waals surface area contributed by atoms with E-state index in [1.165, 1.54) is 14.8 Å². The normalized spacial score (nSPS) is 12.1. The van der Waals surface area contributed by atoms with Gasteiger partial charge in [-0.2, -0.15) is 0 Å². The Morgan fingerprint density at radius 3 is 2.29 bits per heavy atom. The SMILES string of the molecule is CC(CNc1ccc(I)cc1)c1ccccc1. The number of hydrogen-bond donors (Lipinski definition) is 1. The number of nitrogens with one attached hydrogen (secondary N) is 1. The molecule has 2 rings (SSSR count). The van der Waals surface area contributed by atoms with Crippen LogP contribution in [0.5, 0.6) is 0 Å². The smallest absolute Gasteiger partial charge is 0.0341 e. The minimum absolute atomic E-state index is 0.524. The highest BCUT2D eigenvalue weighted by Crippen LogP contribution is 2.16. The monoisotopic (exact) mass is 337 g/mol. The second-order valence-corrected chi connectivity index (χ2v) is 5.45. The molecular formula is C15H16IN. The molecule has 17 heavy (non-hydrogen) atoms. The molecule has 2 aromatic rings. The quantitative estimate of drug-likeness (QED) is 0.810. The van der Waals surface area contributed by atoms with Crippen molar-refractivity contribution in [1.29, 1.82) is 0 Å². The Labute approximate surface area is 116 Å². The first-order valence-corrected chi connectivity index (χ1v) is 6.88. The molecular weight excluding hydrogens is 321 g/mol. The Hall–Kier alpha value is -1.03. The summed E-state index contributed by atoms with van der Waals surface area (Å²) in [6.45, 7) is 3.21. The fourth-order valence-corrected chi connectivity index (χ4v) is 2.10. The third kappa shape index (κ3) is 3.73. The summed E-state index contributed by atoms with van der Waals surface area (Å²) in [6, 6.07) is 19.1. The standard InChI is InChI=1S/C15H16IN/c1-12(13-5-3-2-4-6-13)11-17-15-9-7-14(16)8-10-15/h2-10,12,17H,11H2,1H3. The highest BCUT2D eigenvalue weighted by Gasteiger charge is 2.03. The lowest BCUT2D eigenvalue weighted by atomic mass is 10.0. The molecule has 88 valence electrons. The summed E-state index contributed by atoms with van der Waals surface area (Å²) in [5.74, 6) is 0.524. The number of rotatable bonds is 4. The molecule has 0 saturated carbocycles. The molecule has 1 nitrogen and oxygen atoms in total. The Morgan fingerprint density at radius 1 is 1.00 bits per heavy atom. The van der Waals surface area contributed by atoms with Crippen LogP contribution in [0.2, 0.25) is 0 Å². The Bertz CT molecular complexity index is 450. The van der Waals surface area contributed by atoms with Crippen LogP contribution < -0.4 is 5.32 Å². The van der Waals surface area contributed by atoms with E-state index in [4.69, 9.17) is 0 Å². The van der Waals surface area contributed by atoms with Crippen molar-refractivity contribution in [1.82, 2.24) is 0 Å². The van der Waals surface area contributed by atoms with E-state index in [9.17, 15) is 0 Å². The zero-order chi connectivity index (χ0) is 12.1. The predicted molar refractivity (Wildman–Crippen MR) is 82.5 cm³/mol. The molecule has 2 aromatic carbocycles. The molecule has 1 atom stereocenters. The fourth-order valence-electron chi connectivity index (χ4n) is 1.74. The maximum atomic E-state index is 3.47. The van der Waals surface area contributed by atoms with E-state index in [1.54, 1.807) is 0 Å². The topological polar surface area (TPSA) is 12.0 Å². The van der Waals surface area contributed by atoms with Gasteiger partial charge in [0.1, 0.15) is 0 Å². The van der Waals surface area contributed by atoms with Crippen molar-refractivity contribution in [2.24, 2.45) is 0 Å². The molecule has 0 aliphatic heterocycles. The van der Waals surface area contributed by atoms with Crippen LogP contribution in [-0.4, -0.2) is 6.54 Å². The lowest BCUT2D eigenvalue weighted by molar-refractivity contribution is 0.805. The lowest BCUT2D eigenvalue weighted by Crippen LogP contribution is -2.09. The van der Waals surface area contributed by atoms with Gasteiger partial charge >= 0.3 is 0 Å². The first kappa shape index (κ1) is 12.4. The van der Waals surface area contributed by atoms with Crippen molar-refractivity contribution < 1.29 is 0 Å². The van der Waals surface area contributed by atoms with Crippen molar-refractivity contribution in [3.8, 4) is 0 Å². The third-order valence-corrected chi connectivity index (χ3v) is 3.54. The summed E-state index contributed by atoms with van der Waals surface area (Å²) in [6.07, 6.45) is 0. The molecule has 0 aromatic heterocycles. The van der Waals surface area contributed by atoms with Gasteiger partial charge in [-0.25, -0.2) is 0 Å². The van der Waals surface area contributed by atoms with E-state index in [0.29, 0.717) is 5.92 Å². The molecule has 2 heteroatoms. The van der Waals surface area contributed by atoms with Crippen LogP contribution in [-0.2, 0) is 0 Å². The predicted octanol–water partition coefficient (Wildman–Crippen LogP) is 4.51. The maximum absolute atomic E-state index is 3.47. The number of halogens is 1. The summed E-state index contributed by atoms with van der Waals surface area (Å²) >= 11 is 2.32. The summed E-state index contributed by atoms with van der Waals surface area (Å²) in [7, 11) is 0. The average molecular weight is 337 g/mol. The zero-order valence-corrected chi connectivity index (χ0v) is 12.0. The number of anilines is 1. The van der Waals surface area contributed by atoms with Crippen LogP contribution in [0.1, 0.15) is 18.4 Å². The van der Waals surface area contributed by atoms with Gasteiger partial charge < -0.3 is 5.32 Å². The van der Waals surface area contributed by atoms with E-state index in [-0.39, 0.29) is 0 Å². The largest absolute Gasteiger partial charge is 0.384 e. The van der Waals surface area contributed by atoms with E-state index in [1.807, 2.05) is 0 Å². The van der Waals surface area contributed by atoms with Crippen LogP contribution in [0, 0.1) is 3.57 Å². The van der Waals surface area contributed by atoms with Crippen LogP contribution in [0.15, 0.2) is 54.6 Å². The third-order valence-electron chi connectivity index (χ3n) is 2.83. The molecule has 0 spiro atoms. The van der Waals surface area contributed by atoms with Gasteiger partial charge in [-0.1, -0.05) is 37.3 Å². The molecule has 0 radical (unpaired) electrons. The van der Waals surface area contributed by atoms with Gasteiger partial charge in [-0.05, 0) is 58.3 Å². The van der Waals surface area contributed by atoms with Gasteiger partial charge in [-0.3, -0.25) is 0 Å². The van der Waals surface area contributed by atoms with E-state index < -0.39 is 0 Å². The second kappa shape index (κ2) is 6.05.